The van der Waals surface area contributed by atoms with Gasteiger partial charge in [-0.3, -0.25) is 0 Å². The van der Waals surface area contributed by atoms with Crippen molar-refractivity contribution in [2.75, 3.05) is 0 Å². The predicted molar refractivity (Wildman–Crippen MR) is 47.3 cm³/mol. The molecule has 0 amide bonds. The molecule has 1 N–H and O–H groups in total. The second-order valence-electron chi connectivity index (χ2n) is 3.36. The Bertz CT molecular complexity index is 230. The average molecular weight is 153 g/mol. The standard InChI is InChI=1S/C10H16O/c1-7(2)9-5-4-8(3)10(11)6-9/h4,9-11H,1,5-6H2,2-3H3/t9-,10-/m0/s1/i4D. The van der Waals surface area contributed by atoms with Crippen LogP contribution in [0.2, 0.25) is 0 Å². The van der Waals surface area contributed by atoms with Gasteiger partial charge in [0.25, 0.3) is 0 Å². The van der Waals surface area contributed by atoms with Crippen molar-refractivity contribution in [2.24, 2.45) is 5.92 Å². The molecule has 0 radical (unpaired) electrons. The molecule has 0 aromatic carbocycles. The first-order chi connectivity index (χ1) is 5.52. The van der Waals surface area contributed by atoms with Crippen LogP contribution in [0, 0.1) is 5.92 Å². The molecule has 0 bridgehead atoms. The first-order valence-electron chi connectivity index (χ1n) is 4.52. The Morgan fingerprint density at radius 2 is 2.55 bits per heavy atom. The molecule has 0 fully saturated rings. The second kappa shape index (κ2) is 3.22. The summed E-state index contributed by atoms with van der Waals surface area (Å²) in [7, 11) is 0. The van der Waals surface area contributed by atoms with E-state index in [-0.39, 0.29) is 0 Å². The van der Waals surface area contributed by atoms with Crippen LogP contribution in [-0.2, 0) is 0 Å². The predicted octanol–water partition coefficient (Wildman–Crippen LogP) is 2.28. The van der Waals surface area contributed by atoms with Gasteiger partial charge in [0.05, 0.1) is 7.47 Å². The molecule has 0 unspecified atom stereocenters. The minimum absolute atomic E-state index is 0.302. The molecule has 1 nitrogen and oxygen atoms in total. The monoisotopic (exact) mass is 153 g/mol. The number of hydrogen-bond acceptors (Lipinski definition) is 1. The fraction of sp³-hybridized carbons (Fsp3) is 0.600. The van der Waals surface area contributed by atoms with Crippen LogP contribution in [0.25, 0.3) is 0 Å². The van der Waals surface area contributed by atoms with Crippen molar-refractivity contribution in [2.45, 2.75) is 32.8 Å². The van der Waals surface area contributed by atoms with Gasteiger partial charge in [-0.2, -0.15) is 0 Å². The van der Waals surface area contributed by atoms with Crippen molar-refractivity contribution in [3.63, 3.8) is 0 Å². The molecule has 0 aliphatic heterocycles. The summed E-state index contributed by atoms with van der Waals surface area (Å²) in [6.07, 6.45) is 1.06. The zero-order valence-corrected chi connectivity index (χ0v) is 7.22. The fourth-order valence-electron chi connectivity index (χ4n) is 1.31. The first-order valence-corrected chi connectivity index (χ1v) is 4.02. The lowest BCUT2D eigenvalue weighted by Crippen LogP contribution is -2.19. The Labute approximate surface area is 69.8 Å². The van der Waals surface area contributed by atoms with Crippen molar-refractivity contribution in [1.82, 2.24) is 0 Å². The van der Waals surface area contributed by atoms with Gasteiger partial charge in [-0.1, -0.05) is 18.2 Å². The molecule has 11 heavy (non-hydrogen) atoms. The molecule has 1 heteroatoms. The summed E-state index contributed by atoms with van der Waals surface area (Å²) >= 11 is 0. The lowest BCUT2D eigenvalue weighted by Gasteiger charge is -2.24. The number of aliphatic hydroxyl groups excluding tert-OH is 1. The number of allylic oxidation sites excluding steroid dienone is 2. The zero-order chi connectivity index (χ0) is 9.30. The molecule has 1 aliphatic carbocycles. The normalized spacial score (nSPS) is 33.5. The zero-order valence-electron chi connectivity index (χ0n) is 8.22. The molecule has 1 aliphatic rings. The molecule has 0 spiro atoms. The molecule has 1 rings (SSSR count). The Morgan fingerprint density at radius 1 is 1.91 bits per heavy atom. The second-order valence-corrected chi connectivity index (χ2v) is 3.36. The van der Waals surface area contributed by atoms with Gasteiger partial charge in [0.1, 0.15) is 0 Å². The van der Waals surface area contributed by atoms with E-state index < -0.39 is 6.10 Å². The summed E-state index contributed by atoms with van der Waals surface area (Å²) in [6, 6.07) is 0.585. The third-order valence-electron chi connectivity index (χ3n) is 2.33. The van der Waals surface area contributed by atoms with E-state index in [4.69, 9.17) is 1.37 Å². The fourth-order valence-corrected chi connectivity index (χ4v) is 1.31. The largest absolute Gasteiger partial charge is 0.389 e. The average Bonchev–Trinajstić information content (AvgIpc) is 1.99. The summed E-state index contributed by atoms with van der Waals surface area (Å²) in [4.78, 5) is 0. The van der Waals surface area contributed by atoms with Crippen molar-refractivity contribution in [3.05, 3.63) is 23.8 Å². The highest BCUT2D eigenvalue weighted by molar-refractivity contribution is 5.14. The van der Waals surface area contributed by atoms with Crippen LogP contribution >= 0.6 is 0 Å². The Kier molecular flexibility index (Phi) is 2.08. The molecular weight excluding hydrogens is 136 g/mol. The van der Waals surface area contributed by atoms with Crippen LogP contribution < -0.4 is 0 Å². The highest BCUT2D eigenvalue weighted by atomic mass is 16.3. The van der Waals surface area contributed by atoms with E-state index in [0.29, 0.717) is 12.0 Å². The Balaban J connectivity index is 2.78. The smallest absolute Gasteiger partial charge is 0.0753 e. The number of aliphatic hydroxyl groups is 1. The van der Waals surface area contributed by atoms with E-state index in [2.05, 4.69) is 6.58 Å². The van der Waals surface area contributed by atoms with E-state index >= 15 is 0 Å². The van der Waals surface area contributed by atoms with Gasteiger partial charge in [-0.05, 0) is 38.2 Å². The molecule has 62 valence electrons. The third kappa shape index (κ3) is 1.93. The summed E-state index contributed by atoms with van der Waals surface area (Å²) in [6.45, 7) is 7.65. The van der Waals surface area contributed by atoms with Crippen LogP contribution in [0.15, 0.2) is 23.8 Å². The van der Waals surface area contributed by atoms with E-state index in [1.807, 2.05) is 13.8 Å². The van der Waals surface area contributed by atoms with E-state index in [9.17, 15) is 5.11 Å². The van der Waals surface area contributed by atoms with Crippen LogP contribution in [0.5, 0.6) is 0 Å². The lowest BCUT2D eigenvalue weighted by atomic mass is 9.84. The quantitative estimate of drug-likeness (QED) is 0.573. The SMILES string of the molecule is [2H]C1=C(C)[C@@H](O)C[C@@H](C(=C)C)C1. The summed E-state index contributed by atoms with van der Waals surface area (Å²) in [5.41, 5.74) is 1.90. The van der Waals surface area contributed by atoms with Crippen molar-refractivity contribution in [3.8, 4) is 0 Å². The summed E-state index contributed by atoms with van der Waals surface area (Å²) < 4.78 is 7.61. The molecular formula is C10H16O. The Morgan fingerprint density at radius 3 is 3.00 bits per heavy atom. The highest BCUT2D eigenvalue weighted by Crippen LogP contribution is 2.27. The summed E-state index contributed by atoms with van der Waals surface area (Å²) in [5, 5.41) is 9.55. The lowest BCUT2D eigenvalue weighted by molar-refractivity contribution is 0.174. The highest BCUT2D eigenvalue weighted by Gasteiger charge is 2.19. The maximum absolute atomic E-state index is 9.55. The first kappa shape index (κ1) is 7.11. The molecule has 0 heterocycles. The maximum atomic E-state index is 9.55. The minimum Gasteiger partial charge on any atom is -0.389 e. The van der Waals surface area contributed by atoms with E-state index in [0.717, 1.165) is 24.0 Å². The maximum Gasteiger partial charge on any atom is 0.0753 e. The molecule has 0 aromatic rings. The van der Waals surface area contributed by atoms with Gasteiger partial charge < -0.3 is 5.11 Å². The van der Waals surface area contributed by atoms with Gasteiger partial charge in [0.2, 0.25) is 0 Å². The van der Waals surface area contributed by atoms with Crippen LogP contribution in [-0.4, -0.2) is 11.2 Å². The van der Waals surface area contributed by atoms with Gasteiger partial charge in [0, 0.05) is 0 Å². The molecule has 0 saturated carbocycles. The van der Waals surface area contributed by atoms with Crippen LogP contribution in [0.3, 0.4) is 0 Å². The molecule has 0 aromatic heterocycles. The van der Waals surface area contributed by atoms with Crippen molar-refractivity contribution >= 4 is 0 Å². The number of hydrogen-bond donors (Lipinski definition) is 1. The topological polar surface area (TPSA) is 20.2 Å². The van der Waals surface area contributed by atoms with E-state index in [1.165, 1.54) is 0 Å². The van der Waals surface area contributed by atoms with Gasteiger partial charge in [-0.15, -0.1) is 0 Å². The Hall–Kier alpha value is -0.560. The van der Waals surface area contributed by atoms with Gasteiger partial charge in [0.15, 0.2) is 0 Å². The third-order valence-corrected chi connectivity index (χ3v) is 2.33. The van der Waals surface area contributed by atoms with Crippen molar-refractivity contribution < 1.29 is 6.48 Å². The summed E-state index contributed by atoms with van der Waals surface area (Å²) in [5.74, 6) is 0.302. The van der Waals surface area contributed by atoms with Crippen LogP contribution in [0.1, 0.15) is 28.1 Å². The van der Waals surface area contributed by atoms with Crippen LogP contribution in [0.4, 0.5) is 0 Å². The number of rotatable bonds is 1. The van der Waals surface area contributed by atoms with E-state index in [1.54, 1.807) is 0 Å². The minimum atomic E-state index is -0.423. The molecule has 0 saturated heterocycles. The van der Waals surface area contributed by atoms with Crippen molar-refractivity contribution in [1.29, 1.82) is 0 Å². The van der Waals surface area contributed by atoms with Gasteiger partial charge >= 0.3 is 0 Å². The van der Waals surface area contributed by atoms with Gasteiger partial charge in [-0.25, -0.2) is 0 Å². The molecule has 2 atom stereocenters.